The molecule has 0 spiro atoms. The van der Waals surface area contributed by atoms with E-state index in [2.05, 4.69) is 4.98 Å². The van der Waals surface area contributed by atoms with E-state index in [9.17, 15) is 14.4 Å². The number of nitrogen functional groups attached to an aromatic ring is 1. The highest BCUT2D eigenvalue weighted by atomic mass is 16.5. The minimum atomic E-state index is -0.701. The second kappa shape index (κ2) is 10.4. The van der Waals surface area contributed by atoms with Crippen LogP contribution in [0.5, 0.6) is 0 Å². The van der Waals surface area contributed by atoms with Crippen molar-refractivity contribution in [1.82, 2.24) is 9.55 Å². The lowest BCUT2D eigenvalue weighted by molar-refractivity contribution is -0.119. The molecule has 3 N–H and O–H groups in total. The zero-order valence-corrected chi connectivity index (χ0v) is 17.4. The first kappa shape index (κ1) is 22.0. The van der Waals surface area contributed by atoms with Crippen LogP contribution in [-0.4, -0.2) is 28.7 Å². The summed E-state index contributed by atoms with van der Waals surface area (Å²) in [5, 5.41) is 0. The van der Waals surface area contributed by atoms with Crippen LogP contribution in [0.2, 0.25) is 0 Å². The Bertz CT molecular complexity index is 1120. The van der Waals surface area contributed by atoms with Crippen LogP contribution in [0.15, 0.2) is 70.3 Å². The molecular weight excluding hydrogens is 396 g/mol. The number of benzene rings is 2. The van der Waals surface area contributed by atoms with Crippen LogP contribution < -0.4 is 21.9 Å². The van der Waals surface area contributed by atoms with Crippen molar-refractivity contribution in [1.29, 1.82) is 0 Å². The molecule has 0 aliphatic heterocycles. The Morgan fingerprint density at radius 1 is 1.03 bits per heavy atom. The normalized spacial score (nSPS) is 10.7. The number of nitrogens with one attached hydrogen (secondary N) is 1. The van der Waals surface area contributed by atoms with Crippen LogP contribution >= 0.6 is 0 Å². The Balaban J connectivity index is 2.04. The molecule has 1 aromatic heterocycles. The third-order valence-corrected chi connectivity index (χ3v) is 4.82. The van der Waals surface area contributed by atoms with E-state index in [-0.39, 0.29) is 43.5 Å². The first-order chi connectivity index (χ1) is 15.0. The van der Waals surface area contributed by atoms with Crippen molar-refractivity contribution in [3.05, 3.63) is 92.6 Å². The molecule has 8 heteroatoms. The molecule has 162 valence electrons. The van der Waals surface area contributed by atoms with E-state index in [1.165, 1.54) is 9.47 Å². The summed E-state index contributed by atoms with van der Waals surface area (Å²) in [5.74, 6) is -0.377. The highest BCUT2D eigenvalue weighted by Gasteiger charge is 2.24. The quantitative estimate of drug-likeness (QED) is 0.513. The number of rotatable bonds is 9. The average Bonchev–Trinajstić information content (AvgIpc) is 2.77. The molecule has 2 aromatic carbocycles. The summed E-state index contributed by atoms with van der Waals surface area (Å²) in [5.41, 5.74) is 6.59. The van der Waals surface area contributed by atoms with Crippen molar-refractivity contribution < 1.29 is 9.53 Å². The fourth-order valence-corrected chi connectivity index (χ4v) is 3.26. The number of ether oxygens (including phenoxy) is 1. The number of carbonyl (C=O) groups excluding carboxylic acids is 1. The minimum absolute atomic E-state index is 0.0408. The van der Waals surface area contributed by atoms with E-state index in [0.29, 0.717) is 6.61 Å². The highest BCUT2D eigenvalue weighted by Crippen LogP contribution is 2.21. The number of anilines is 2. The molecule has 0 aliphatic rings. The van der Waals surface area contributed by atoms with Crippen molar-refractivity contribution in [3.8, 4) is 0 Å². The molecule has 0 atom stereocenters. The summed E-state index contributed by atoms with van der Waals surface area (Å²) in [6.07, 6.45) is 0.0807. The van der Waals surface area contributed by atoms with Gasteiger partial charge in [-0.3, -0.25) is 24.0 Å². The smallest absolute Gasteiger partial charge is 0.330 e. The Kier molecular flexibility index (Phi) is 7.40. The van der Waals surface area contributed by atoms with Crippen LogP contribution in [0.25, 0.3) is 0 Å². The fraction of sp³-hybridized carbons (Fsp3) is 0.261. The number of carbonyl (C=O) groups is 1. The second-order valence-electron chi connectivity index (χ2n) is 6.98. The maximum absolute atomic E-state index is 13.0. The van der Waals surface area contributed by atoms with Crippen molar-refractivity contribution in [3.63, 3.8) is 0 Å². The molecule has 1 heterocycles. The number of aromatic amines is 1. The second-order valence-corrected chi connectivity index (χ2v) is 6.98. The van der Waals surface area contributed by atoms with E-state index in [1.807, 2.05) is 67.6 Å². The molecule has 1 amide bonds. The molecule has 0 radical (unpaired) electrons. The van der Waals surface area contributed by atoms with Gasteiger partial charge in [0.05, 0.1) is 26.1 Å². The number of amides is 1. The number of H-pyrrole nitrogens is 1. The van der Waals surface area contributed by atoms with Crippen molar-refractivity contribution >= 4 is 17.4 Å². The third-order valence-electron chi connectivity index (χ3n) is 4.82. The largest absolute Gasteiger partial charge is 0.383 e. The first-order valence-corrected chi connectivity index (χ1v) is 10.1. The molecule has 0 aliphatic carbocycles. The predicted octanol–water partition coefficient (Wildman–Crippen LogP) is 2.13. The van der Waals surface area contributed by atoms with Crippen molar-refractivity contribution in [2.75, 3.05) is 23.8 Å². The summed E-state index contributed by atoms with van der Waals surface area (Å²) in [4.78, 5) is 41.9. The SMILES string of the molecule is CCOCCC(=O)N(Cc1ccccc1)c1c(N)n(Cc2ccccc2)c(=O)[nH]c1=O. The molecule has 0 saturated carbocycles. The van der Waals surface area contributed by atoms with Gasteiger partial charge in [0.2, 0.25) is 5.91 Å². The van der Waals surface area contributed by atoms with Crippen LogP contribution in [0.4, 0.5) is 11.5 Å². The van der Waals surface area contributed by atoms with E-state index in [1.54, 1.807) is 0 Å². The Hall–Kier alpha value is -3.65. The van der Waals surface area contributed by atoms with Gasteiger partial charge in [0.15, 0.2) is 5.69 Å². The molecule has 8 nitrogen and oxygen atoms in total. The molecule has 0 bridgehead atoms. The summed E-state index contributed by atoms with van der Waals surface area (Å²) in [6, 6.07) is 18.5. The summed E-state index contributed by atoms with van der Waals surface area (Å²) in [7, 11) is 0. The molecule has 3 rings (SSSR count). The van der Waals surface area contributed by atoms with Gasteiger partial charge in [-0.15, -0.1) is 0 Å². The van der Waals surface area contributed by atoms with Gasteiger partial charge in [-0.05, 0) is 18.1 Å². The number of aromatic nitrogens is 2. The summed E-state index contributed by atoms with van der Waals surface area (Å²) < 4.78 is 6.57. The zero-order chi connectivity index (χ0) is 22.2. The monoisotopic (exact) mass is 422 g/mol. The Morgan fingerprint density at radius 3 is 2.26 bits per heavy atom. The topological polar surface area (TPSA) is 110 Å². The van der Waals surface area contributed by atoms with Crippen LogP contribution in [0.1, 0.15) is 24.5 Å². The van der Waals surface area contributed by atoms with Gasteiger partial charge < -0.3 is 10.5 Å². The average molecular weight is 422 g/mol. The van der Waals surface area contributed by atoms with Gasteiger partial charge in [0.25, 0.3) is 5.56 Å². The zero-order valence-electron chi connectivity index (χ0n) is 17.4. The predicted molar refractivity (Wildman–Crippen MR) is 120 cm³/mol. The third kappa shape index (κ3) is 5.49. The maximum Gasteiger partial charge on any atom is 0.330 e. The van der Waals surface area contributed by atoms with Gasteiger partial charge in [0, 0.05) is 6.61 Å². The van der Waals surface area contributed by atoms with Gasteiger partial charge in [-0.25, -0.2) is 4.79 Å². The van der Waals surface area contributed by atoms with E-state index >= 15 is 0 Å². The van der Waals surface area contributed by atoms with Gasteiger partial charge in [-0.1, -0.05) is 60.7 Å². The maximum atomic E-state index is 13.0. The molecule has 0 saturated heterocycles. The summed E-state index contributed by atoms with van der Waals surface area (Å²) >= 11 is 0. The van der Waals surface area contributed by atoms with Crippen molar-refractivity contribution in [2.45, 2.75) is 26.4 Å². The number of nitrogens with zero attached hydrogens (tertiary/aromatic N) is 2. The molecule has 0 unspecified atom stereocenters. The number of nitrogens with two attached hydrogens (primary N) is 1. The van der Waals surface area contributed by atoms with Crippen LogP contribution in [0, 0.1) is 0 Å². The lowest BCUT2D eigenvalue weighted by Gasteiger charge is -2.25. The highest BCUT2D eigenvalue weighted by molar-refractivity contribution is 5.95. The number of hydrogen-bond acceptors (Lipinski definition) is 5. The van der Waals surface area contributed by atoms with Crippen LogP contribution in [-0.2, 0) is 22.6 Å². The first-order valence-electron chi connectivity index (χ1n) is 10.1. The number of hydrogen-bond donors (Lipinski definition) is 2. The Labute approximate surface area is 179 Å². The van der Waals surface area contributed by atoms with E-state index in [0.717, 1.165) is 11.1 Å². The standard InChI is InChI=1S/C23H26N4O4/c1-2-31-14-13-19(28)26(15-17-9-5-3-6-10-17)20-21(24)27(23(30)25-22(20)29)16-18-11-7-4-8-12-18/h3-12H,2,13-16,24H2,1H3,(H,25,29,30). The van der Waals surface area contributed by atoms with E-state index in [4.69, 9.17) is 10.5 Å². The lowest BCUT2D eigenvalue weighted by Crippen LogP contribution is -2.41. The van der Waals surface area contributed by atoms with Crippen LogP contribution in [0.3, 0.4) is 0 Å². The fourth-order valence-electron chi connectivity index (χ4n) is 3.26. The van der Waals surface area contributed by atoms with Gasteiger partial charge in [-0.2, -0.15) is 0 Å². The van der Waals surface area contributed by atoms with Gasteiger partial charge in [0.1, 0.15) is 5.82 Å². The Morgan fingerprint density at radius 2 is 1.65 bits per heavy atom. The lowest BCUT2D eigenvalue weighted by atomic mass is 10.2. The molecule has 3 aromatic rings. The summed E-state index contributed by atoms with van der Waals surface area (Å²) in [6.45, 7) is 2.86. The molecule has 31 heavy (non-hydrogen) atoms. The molecule has 0 fully saturated rings. The van der Waals surface area contributed by atoms with Crippen molar-refractivity contribution in [2.24, 2.45) is 0 Å². The minimum Gasteiger partial charge on any atom is -0.383 e. The van der Waals surface area contributed by atoms with E-state index < -0.39 is 11.2 Å². The van der Waals surface area contributed by atoms with Gasteiger partial charge >= 0.3 is 5.69 Å². The molecular formula is C23H26N4O4.